The van der Waals surface area contributed by atoms with Crippen LogP contribution in [0.3, 0.4) is 0 Å². The number of aromatic nitrogens is 3. The third-order valence-electron chi connectivity index (χ3n) is 4.89. The molecule has 4 rings (SSSR count). The first-order valence-corrected chi connectivity index (χ1v) is 8.92. The molecular weight excluding hydrogens is 316 g/mol. The lowest BCUT2D eigenvalue weighted by Crippen LogP contribution is -2.41. The summed E-state index contributed by atoms with van der Waals surface area (Å²) in [6.07, 6.45) is 9.38. The molecule has 0 N–H and O–H groups in total. The fourth-order valence-corrected chi connectivity index (χ4v) is 3.53. The Morgan fingerprint density at radius 1 is 1.28 bits per heavy atom. The van der Waals surface area contributed by atoms with Crippen molar-refractivity contribution in [2.75, 3.05) is 6.54 Å². The van der Waals surface area contributed by atoms with Gasteiger partial charge in [-0.3, -0.25) is 9.58 Å². The van der Waals surface area contributed by atoms with Gasteiger partial charge in [0.2, 0.25) is 0 Å². The van der Waals surface area contributed by atoms with E-state index in [-0.39, 0.29) is 0 Å². The van der Waals surface area contributed by atoms with Gasteiger partial charge in [0.05, 0.1) is 24.7 Å². The lowest BCUT2D eigenvalue weighted by atomic mass is 10.0. The van der Waals surface area contributed by atoms with E-state index in [2.05, 4.69) is 32.8 Å². The molecule has 4 heterocycles. The zero-order valence-electron chi connectivity index (χ0n) is 14.8. The number of piperidine rings is 1. The van der Waals surface area contributed by atoms with Gasteiger partial charge in [-0.25, -0.2) is 4.98 Å². The first-order chi connectivity index (χ1) is 12.2. The molecule has 1 saturated heterocycles. The molecule has 0 amide bonds. The molecule has 132 valence electrons. The molecule has 6 heteroatoms. The minimum Gasteiger partial charge on any atom is -0.459 e. The smallest absolute Gasteiger partial charge is 0.263 e. The van der Waals surface area contributed by atoms with Gasteiger partial charge in [-0.05, 0) is 50.9 Å². The van der Waals surface area contributed by atoms with E-state index in [1.807, 2.05) is 25.3 Å². The number of hydrogen-bond acceptors (Lipinski definition) is 5. The summed E-state index contributed by atoms with van der Waals surface area (Å²) in [5.74, 6) is 2.11. The highest BCUT2D eigenvalue weighted by Crippen LogP contribution is 2.26. The Morgan fingerprint density at radius 3 is 2.96 bits per heavy atom. The summed E-state index contributed by atoms with van der Waals surface area (Å²) >= 11 is 0. The van der Waals surface area contributed by atoms with Crippen LogP contribution >= 0.6 is 0 Å². The van der Waals surface area contributed by atoms with Gasteiger partial charge in [-0.1, -0.05) is 6.42 Å². The van der Waals surface area contributed by atoms with E-state index in [0.29, 0.717) is 17.7 Å². The second-order valence-corrected chi connectivity index (χ2v) is 6.86. The normalized spacial score (nSPS) is 18.7. The average molecular weight is 340 g/mol. The lowest BCUT2D eigenvalue weighted by molar-refractivity contribution is 0.120. The number of nitrogens with zero attached hydrogens (tertiary/aromatic N) is 4. The molecule has 6 nitrogen and oxygen atoms in total. The van der Waals surface area contributed by atoms with Crippen molar-refractivity contribution in [1.82, 2.24) is 19.7 Å². The molecule has 0 bridgehead atoms. The van der Waals surface area contributed by atoms with Crippen LogP contribution in [0.2, 0.25) is 0 Å². The first-order valence-electron chi connectivity index (χ1n) is 8.92. The van der Waals surface area contributed by atoms with Crippen LogP contribution in [-0.2, 0) is 13.1 Å². The average Bonchev–Trinajstić information content (AvgIpc) is 3.32. The van der Waals surface area contributed by atoms with E-state index in [4.69, 9.17) is 8.83 Å². The summed E-state index contributed by atoms with van der Waals surface area (Å²) in [4.78, 5) is 7.18. The summed E-state index contributed by atoms with van der Waals surface area (Å²) in [5, 5.41) is 4.45. The number of likely N-dealkylation sites (tertiary alicyclic amines) is 1. The van der Waals surface area contributed by atoms with Crippen molar-refractivity contribution in [2.24, 2.45) is 0 Å². The molecule has 25 heavy (non-hydrogen) atoms. The predicted octanol–water partition coefficient (Wildman–Crippen LogP) is 3.80. The van der Waals surface area contributed by atoms with E-state index in [1.165, 1.54) is 24.8 Å². The number of hydrogen-bond donors (Lipinski definition) is 0. The number of furan rings is 1. The maximum Gasteiger partial charge on any atom is 0.263 e. The molecule has 0 aromatic carbocycles. The molecule has 3 aromatic rings. The van der Waals surface area contributed by atoms with Crippen molar-refractivity contribution in [3.63, 3.8) is 0 Å². The molecular formula is C19H24N4O2. The van der Waals surface area contributed by atoms with Crippen molar-refractivity contribution in [1.29, 1.82) is 0 Å². The first kappa shape index (κ1) is 16.1. The molecule has 0 saturated carbocycles. The minimum atomic E-state index is 0.483. The van der Waals surface area contributed by atoms with Crippen molar-refractivity contribution in [3.8, 4) is 11.7 Å². The Morgan fingerprint density at radius 2 is 2.20 bits per heavy atom. The summed E-state index contributed by atoms with van der Waals surface area (Å²) in [5.41, 5.74) is 2.20. The van der Waals surface area contributed by atoms with Crippen molar-refractivity contribution in [2.45, 2.75) is 52.2 Å². The monoisotopic (exact) mass is 340 g/mol. The minimum absolute atomic E-state index is 0.483. The number of aryl methyl sites for hydroxylation is 2. The maximum absolute atomic E-state index is 5.81. The number of rotatable bonds is 5. The fraction of sp³-hybridized carbons (Fsp3) is 0.474. The molecule has 0 radical (unpaired) electrons. The van der Waals surface area contributed by atoms with Gasteiger partial charge in [0, 0.05) is 18.8 Å². The fourth-order valence-electron chi connectivity index (χ4n) is 3.53. The summed E-state index contributed by atoms with van der Waals surface area (Å²) < 4.78 is 13.3. The predicted molar refractivity (Wildman–Crippen MR) is 94.0 cm³/mol. The molecule has 1 fully saturated rings. The highest BCUT2D eigenvalue weighted by Gasteiger charge is 2.25. The van der Waals surface area contributed by atoms with E-state index in [1.54, 1.807) is 6.26 Å². The maximum atomic E-state index is 5.81. The lowest BCUT2D eigenvalue weighted by Gasteiger charge is -2.35. The largest absolute Gasteiger partial charge is 0.459 e. The molecule has 1 unspecified atom stereocenters. The van der Waals surface area contributed by atoms with Crippen molar-refractivity contribution in [3.05, 3.63) is 47.8 Å². The molecule has 1 aliphatic rings. The van der Waals surface area contributed by atoms with Crippen molar-refractivity contribution >= 4 is 0 Å². The van der Waals surface area contributed by atoms with Crippen LogP contribution in [0.25, 0.3) is 11.7 Å². The standard InChI is InChI=1S/C19H24N4O2/c1-14-10-20-23(11-14)12-16-6-3-4-8-22(16)13-17-15(2)25-19(21-17)18-7-5-9-24-18/h5,7,9-11,16H,3-4,6,8,12-13H2,1-2H3. The van der Waals surface area contributed by atoms with Gasteiger partial charge < -0.3 is 8.83 Å². The van der Waals surface area contributed by atoms with Crippen LogP contribution in [-0.4, -0.2) is 32.3 Å². The summed E-state index contributed by atoms with van der Waals surface area (Å²) in [6.45, 7) is 6.88. The second-order valence-electron chi connectivity index (χ2n) is 6.86. The second kappa shape index (κ2) is 6.88. The van der Waals surface area contributed by atoms with E-state index < -0.39 is 0 Å². The SMILES string of the molecule is Cc1cnn(CC2CCCCN2Cc2nc(-c3ccco3)oc2C)c1. The van der Waals surface area contributed by atoms with Crippen LogP contribution in [0.5, 0.6) is 0 Å². The van der Waals surface area contributed by atoms with Gasteiger partial charge >= 0.3 is 0 Å². The highest BCUT2D eigenvalue weighted by atomic mass is 16.4. The molecule has 1 atom stereocenters. The van der Waals surface area contributed by atoms with E-state index in [0.717, 1.165) is 31.1 Å². The molecule has 1 aliphatic heterocycles. The van der Waals surface area contributed by atoms with Gasteiger partial charge in [-0.2, -0.15) is 5.10 Å². The Labute approximate surface area is 147 Å². The highest BCUT2D eigenvalue weighted by molar-refractivity contribution is 5.44. The Bertz CT molecular complexity index is 818. The van der Waals surface area contributed by atoms with Gasteiger partial charge in [0.1, 0.15) is 5.76 Å². The Balaban J connectivity index is 1.50. The molecule has 3 aromatic heterocycles. The Kier molecular flexibility index (Phi) is 4.44. The zero-order valence-corrected chi connectivity index (χ0v) is 14.8. The molecule has 0 spiro atoms. The Hall–Kier alpha value is -2.34. The van der Waals surface area contributed by atoms with Crippen LogP contribution < -0.4 is 0 Å². The quantitative estimate of drug-likeness (QED) is 0.707. The van der Waals surface area contributed by atoms with Crippen LogP contribution in [0.4, 0.5) is 0 Å². The topological polar surface area (TPSA) is 60.2 Å². The van der Waals surface area contributed by atoms with E-state index in [9.17, 15) is 0 Å². The van der Waals surface area contributed by atoms with Gasteiger partial charge in [0.15, 0.2) is 5.76 Å². The van der Waals surface area contributed by atoms with Crippen LogP contribution in [0, 0.1) is 13.8 Å². The van der Waals surface area contributed by atoms with Crippen LogP contribution in [0.1, 0.15) is 36.3 Å². The van der Waals surface area contributed by atoms with Gasteiger partial charge in [0.25, 0.3) is 5.89 Å². The number of oxazole rings is 1. The van der Waals surface area contributed by atoms with E-state index >= 15 is 0 Å². The molecule has 0 aliphatic carbocycles. The van der Waals surface area contributed by atoms with Gasteiger partial charge in [-0.15, -0.1) is 0 Å². The summed E-state index contributed by atoms with van der Waals surface area (Å²) in [6, 6.07) is 4.20. The van der Waals surface area contributed by atoms with Crippen LogP contribution in [0.15, 0.2) is 39.6 Å². The third-order valence-corrected chi connectivity index (χ3v) is 4.89. The summed E-state index contributed by atoms with van der Waals surface area (Å²) in [7, 11) is 0. The third kappa shape index (κ3) is 3.54. The van der Waals surface area contributed by atoms with Crippen molar-refractivity contribution < 1.29 is 8.83 Å². The zero-order chi connectivity index (χ0) is 17.2.